The number of methoxy groups -OCH3 is 1. The number of rotatable bonds is 5. The molecule has 1 amide bonds. The van der Waals surface area contributed by atoms with Crippen LogP contribution in [0.5, 0.6) is 0 Å². The molecule has 0 aromatic carbocycles. The number of carbonyl (C=O) groups excluding carboxylic acids is 2. The molecule has 10 heteroatoms. The summed E-state index contributed by atoms with van der Waals surface area (Å²) < 4.78 is 11.5. The molecule has 28 heavy (non-hydrogen) atoms. The summed E-state index contributed by atoms with van der Waals surface area (Å²) in [6.45, 7) is -0.440. The van der Waals surface area contributed by atoms with Crippen LogP contribution in [0.25, 0.3) is 0 Å². The number of pyridine rings is 2. The maximum atomic E-state index is 12.5. The summed E-state index contributed by atoms with van der Waals surface area (Å²) in [5.74, 6) is -1.03. The van der Waals surface area contributed by atoms with Gasteiger partial charge in [-0.1, -0.05) is 0 Å². The van der Waals surface area contributed by atoms with Crippen molar-refractivity contribution in [2.24, 2.45) is 0 Å². The molecule has 0 saturated carbocycles. The normalized spacial score (nSPS) is 24.0. The molecule has 1 saturated heterocycles. The van der Waals surface area contributed by atoms with Crippen LogP contribution >= 0.6 is 0 Å². The van der Waals surface area contributed by atoms with Gasteiger partial charge in [0.1, 0.15) is 23.5 Å². The standard InChI is InChI=1S/C18H19N3O7/c1-27-18(26)12-5-4-11(7-19-12)20-16(25)10-3-2-6-21(8-10)17-15(24)14(23)13(9-22)28-17/h2-8,13-15,17,22-24H,9H2,1H3/p+1/t13-,14-,15-,17-/m1/s1. The fourth-order valence-electron chi connectivity index (χ4n) is 2.81. The molecular formula is C18H20N3O7+. The van der Waals surface area contributed by atoms with Crippen molar-refractivity contribution in [3.8, 4) is 0 Å². The van der Waals surface area contributed by atoms with Gasteiger partial charge in [0, 0.05) is 6.07 Å². The van der Waals surface area contributed by atoms with E-state index in [4.69, 9.17) is 4.74 Å². The van der Waals surface area contributed by atoms with Gasteiger partial charge in [-0.25, -0.2) is 9.78 Å². The summed E-state index contributed by atoms with van der Waals surface area (Å²) in [6.07, 6.45) is 0.00314. The maximum Gasteiger partial charge on any atom is 0.356 e. The van der Waals surface area contributed by atoms with Crippen LogP contribution in [-0.4, -0.2) is 64.2 Å². The summed E-state index contributed by atoms with van der Waals surface area (Å²) in [5.41, 5.74) is 0.751. The summed E-state index contributed by atoms with van der Waals surface area (Å²) in [6, 6.07) is 6.08. The summed E-state index contributed by atoms with van der Waals surface area (Å²) >= 11 is 0. The molecule has 0 unspecified atom stereocenters. The molecule has 2 aromatic heterocycles. The minimum atomic E-state index is -1.25. The van der Waals surface area contributed by atoms with Gasteiger partial charge in [0.2, 0.25) is 0 Å². The fraction of sp³-hybridized carbons (Fsp3) is 0.333. The van der Waals surface area contributed by atoms with Crippen molar-refractivity contribution < 1.29 is 38.9 Å². The lowest BCUT2D eigenvalue weighted by Crippen LogP contribution is -2.46. The first-order valence-electron chi connectivity index (χ1n) is 8.43. The Bertz CT molecular complexity index is 859. The first-order valence-corrected chi connectivity index (χ1v) is 8.43. The van der Waals surface area contributed by atoms with Crippen LogP contribution in [0.4, 0.5) is 5.69 Å². The summed E-state index contributed by atoms with van der Waals surface area (Å²) in [4.78, 5) is 27.8. The number of aliphatic hydroxyl groups excluding tert-OH is 3. The zero-order chi connectivity index (χ0) is 20.3. The Balaban J connectivity index is 1.73. The van der Waals surface area contributed by atoms with E-state index >= 15 is 0 Å². The largest absolute Gasteiger partial charge is 0.464 e. The van der Waals surface area contributed by atoms with Crippen molar-refractivity contribution in [3.05, 3.63) is 54.1 Å². The highest BCUT2D eigenvalue weighted by molar-refractivity contribution is 6.03. The molecule has 148 valence electrons. The van der Waals surface area contributed by atoms with Crippen LogP contribution in [0.15, 0.2) is 42.9 Å². The third-order valence-electron chi connectivity index (χ3n) is 4.31. The number of amides is 1. The number of hydrogen-bond donors (Lipinski definition) is 4. The average Bonchev–Trinajstić information content (AvgIpc) is 3.02. The van der Waals surface area contributed by atoms with Crippen LogP contribution in [0.2, 0.25) is 0 Å². The molecule has 0 aliphatic carbocycles. The molecule has 3 rings (SSSR count). The van der Waals surface area contributed by atoms with Gasteiger partial charge in [0.15, 0.2) is 18.5 Å². The SMILES string of the molecule is COC(=O)c1ccc(NC(=O)c2ccc[n+]([C@@H]3O[C@H](CO)[C@@H](O)[C@H]3O)c2)cn1. The van der Waals surface area contributed by atoms with Gasteiger partial charge in [0.25, 0.3) is 12.1 Å². The lowest BCUT2D eigenvalue weighted by molar-refractivity contribution is -0.765. The Hall–Kier alpha value is -2.92. The predicted molar refractivity (Wildman–Crippen MR) is 93.2 cm³/mol. The van der Waals surface area contributed by atoms with Crippen LogP contribution in [0.1, 0.15) is 27.1 Å². The van der Waals surface area contributed by atoms with Crippen molar-refractivity contribution in [3.63, 3.8) is 0 Å². The van der Waals surface area contributed by atoms with Gasteiger partial charge < -0.3 is 30.1 Å². The third-order valence-corrected chi connectivity index (χ3v) is 4.31. The number of esters is 1. The fourth-order valence-corrected chi connectivity index (χ4v) is 2.81. The van der Waals surface area contributed by atoms with E-state index < -0.39 is 43.0 Å². The van der Waals surface area contributed by atoms with E-state index in [0.717, 1.165) is 0 Å². The second-order valence-electron chi connectivity index (χ2n) is 6.15. The number of carbonyl (C=O) groups is 2. The van der Waals surface area contributed by atoms with Gasteiger partial charge in [-0.15, -0.1) is 0 Å². The van der Waals surface area contributed by atoms with E-state index in [-0.39, 0.29) is 11.3 Å². The van der Waals surface area contributed by atoms with E-state index in [1.54, 1.807) is 18.3 Å². The number of ether oxygens (including phenoxy) is 2. The topological polar surface area (TPSA) is 142 Å². The van der Waals surface area contributed by atoms with Gasteiger partial charge in [-0.2, -0.15) is 4.57 Å². The number of hydrogen-bond acceptors (Lipinski definition) is 8. The molecule has 0 spiro atoms. The molecule has 0 radical (unpaired) electrons. The van der Waals surface area contributed by atoms with E-state index in [1.165, 1.54) is 36.2 Å². The Kier molecular flexibility index (Phi) is 5.95. The zero-order valence-electron chi connectivity index (χ0n) is 14.9. The Morgan fingerprint density at radius 2 is 2.07 bits per heavy atom. The molecule has 1 aliphatic rings. The molecule has 10 nitrogen and oxygen atoms in total. The molecule has 2 aromatic rings. The number of nitrogens with one attached hydrogen (secondary N) is 1. The number of aromatic nitrogens is 2. The first kappa shape index (κ1) is 19.8. The number of nitrogens with zero attached hydrogens (tertiary/aromatic N) is 2. The van der Waals surface area contributed by atoms with Crippen molar-refractivity contribution in [1.29, 1.82) is 0 Å². The van der Waals surface area contributed by atoms with Crippen molar-refractivity contribution >= 4 is 17.6 Å². The van der Waals surface area contributed by atoms with Crippen LogP contribution in [0.3, 0.4) is 0 Å². The lowest BCUT2D eigenvalue weighted by atomic mass is 10.1. The van der Waals surface area contributed by atoms with E-state index in [2.05, 4.69) is 15.0 Å². The minimum absolute atomic E-state index is 0.113. The highest BCUT2D eigenvalue weighted by atomic mass is 16.6. The second-order valence-corrected chi connectivity index (χ2v) is 6.15. The highest BCUT2D eigenvalue weighted by Gasteiger charge is 2.48. The zero-order valence-corrected chi connectivity index (χ0v) is 14.9. The smallest absolute Gasteiger partial charge is 0.356 e. The third kappa shape index (κ3) is 3.99. The Labute approximate surface area is 160 Å². The first-order chi connectivity index (χ1) is 13.4. The van der Waals surface area contributed by atoms with Gasteiger partial charge in [0.05, 0.1) is 25.6 Å². The second kappa shape index (κ2) is 8.40. The quantitative estimate of drug-likeness (QED) is 0.377. The van der Waals surface area contributed by atoms with Gasteiger partial charge in [-0.05, 0) is 18.2 Å². The molecule has 4 atom stereocenters. The molecule has 0 bridgehead atoms. The lowest BCUT2D eigenvalue weighted by Gasteiger charge is -2.10. The summed E-state index contributed by atoms with van der Waals surface area (Å²) in [7, 11) is 1.25. The molecule has 3 heterocycles. The highest BCUT2D eigenvalue weighted by Crippen LogP contribution is 2.25. The molecule has 1 fully saturated rings. The Morgan fingerprint density at radius 3 is 2.68 bits per heavy atom. The van der Waals surface area contributed by atoms with E-state index in [1.807, 2.05) is 0 Å². The van der Waals surface area contributed by atoms with Crippen molar-refractivity contribution in [2.45, 2.75) is 24.5 Å². The minimum Gasteiger partial charge on any atom is -0.464 e. The Morgan fingerprint density at radius 1 is 1.29 bits per heavy atom. The number of anilines is 1. The molecule has 1 aliphatic heterocycles. The van der Waals surface area contributed by atoms with Crippen LogP contribution < -0.4 is 9.88 Å². The molecular weight excluding hydrogens is 370 g/mol. The molecule has 4 N–H and O–H groups in total. The van der Waals surface area contributed by atoms with E-state index in [9.17, 15) is 24.9 Å². The van der Waals surface area contributed by atoms with Gasteiger partial charge in [-0.3, -0.25) is 4.79 Å². The van der Waals surface area contributed by atoms with Crippen LogP contribution in [-0.2, 0) is 9.47 Å². The average molecular weight is 390 g/mol. The van der Waals surface area contributed by atoms with Crippen molar-refractivity contribution in [2.75, 3.05) is 19.0 Å². The maximum absolute atomic E-state index is 12.5. The van der Waals surface area contributed by atoms with Crippen molar-refractivity contribution in [1.82, 2.24) is 4.98 Å². The van der Waals surface area contributed by atoms with Gasteiger partial charge >= 0.3 is 5.97 Å². The monoisotopic (exact) mass is 390 g/mol. The predicted octanol–water partition coefficient (Wildman–Crippen LogP) is -0.981. The summed E-state index contributed by atoms with van der Waals surface area (Å²) in [5, 5.41) is 31.8. The van der Waals surface area contributed by atoms with E-state index in [0.29, 0.717) is 5.69 Å². The number of aliphatic hydroxyl groups is 3. The van der Waals surface area contributed by atoms with Crippen LogP contribution in [0, 0.1) is 0 Å².